The van der Waals surface area contributed by atoms with E-state index in [-0.39, 0.29) is 11.5 Å². The largest absolute Gasteiger partial charge is 0.370 e. The molecule has 0 atom stereocenters. The molecule has 2 rings (SSSR count). The second-order valence-electron chi connectivity index (χ2n) is 5.41. The molecule has 0 unspecified atom stereocenters. The molecule has 2 aromatic rings. The molecule has 7 nitrogen and oxygen atoms in total. The minimum absolute atomic E-state index is 0.107. The lowest BCUT2D eigenvalue weighted by Crippen LogP contribution is -2.10. The summed E-state index contributed by atoms with van der Waals surface area (Å²) < 4.78 is 0. The Balaban J connectivity index is 2.27. The van der Waals surface area contributed by atoms with E-state index in [1.165, 1.54) is 6.07 Å². The van der Waals surface area contributed by atoms with E-state index in [2.05, 4.69) is 29.5 Å². The molecule has 0 fully saturated rings. The monoisotopic (exact) mass is 311 g/mol. The first kappa shape index (κ1) is 16.2. The van der Waals surface area contributed by atoms with Gasteiger partial charge in [0.2, 0.25) is 5.82 Å². The number of nitrogens with one attached hydrogen (secondary N) is 2. The highest BCUT2D eigenvalue weighted by Crippen LogP contribution is 2.27. The van der Waals surface area contributed by atoms with Crippen molar-refractivity contribution in [3.8, 4) is 6.07 Å². The molecule has 23 heavy (non-hydrogen) atoms. The summed E-state index contributed by atoms with van der Waals surface area (Å²) in [4.78, 5) is 14.9. The lowest BCUT2D eigenvalue weighted by Gasteiger charge is -2.11. The van der Waals surface area contributed by atoms with Gasteiger partial charge in [-0.3, -0.25) is 10.1 Å². The third-order valence-corrected chi connectivity index (χ3v) is 3.04. The Hall–Kier alpha value is -3.14. The number of rotatable bonds is 6. The van der Waals surface area contributed by atoms with Crippen LogP contribution in [-0.2, 0) is 0 Å². The van der Waals surface area contributed by atoms with E-state index in [1.807, 2.05) is 6.07 Å². The van der Waals surface area contributed by atoms with Crippen molar-refractivity contribution in [2.45, 2.75) is 13.8 Å². The number of nitrogens with zero attached hydrogens (tertiary/aromatic N) is 3. The molecule has 7 heteroatoms. The van der Waals surface area contributed by atoms with Gasteiger partial charge in [-0.15, -0.1) is 0 Å². The lowest BCUT2D eigenvalue weighted by molar-refractivity contribution is -0.384. The van der Waals surface area contributed by atoms with E-state index < -0.39 is 4.92 Å². The quantitative estimate of drug-likeness (QED) is 0.623. The molecule has 0 bridgehead atoms. The highest BCUT2D eigenvalue weighted by Gasteiger charge is 2.16. The summed E-state index contributed by atoms with van der Waals surface area (Å²) in [6.45, 7) is 4.85. The summed E-state index contributed by atoms with van der Waals surface area (Å²) in [5, 5.41) is 26.0. The van der Waals surface area contributed by atoms with Gasteiger partial charge in [-0.25, -0.2) is 4.98 Å². The number of hydrogen-bond acceptors (Lipinski definition) is 6. The molecule has 1 heterocycles. The van der Waals surface area contributed by atoms with Gasteiger partial charge in [0.05, 0.1) is 16.6 Å². The van der Waals surface area contributed by atoms with Crippen LogP contribution in [0.25, 0.3) is 0 Å². The number of nitriles is 1. The molecule has 0 aliphatic rings. The number of aromatic nitrogens is 1. The van der Waals surface area contributed by atoms with Crippen molar-refractivity contribution in [1.82, 2.24) is 4.98 Å². The second kappa shape index (κ2) is 7.22. The highest BCUT2D eigenvalue weighted by atomic mass is 16.6. The normalized spacial score (nSPS) is 10.2. The van der Waals surface area contributed by atoms with E-state index in [0.29, 0.717) is 23.0 Å². The summed E-state index contributed by atoms with van der Waals surface area (Å²) in [5.74, 6) is 1.16. The van der Waals surface area contributed by atoms with Crippen LogP contribution in [0.2, 0.25) is 0 Å². The van der Waals surface area contributed by atoms with Gasteiger partial charge in [-0.2, -0.15) is 5.26 Å². The standard InChI is InChI=1S/C16H17N5O2/c1-11(2)10-18-15-8-7-14(21(22)23)16(20-15)19-13-5-3-12(9-17)4-6-13/h3-8,11H,10H2,1-2H3,(H2,18,19,20). The predicted molar refractivity (Wildman–Crippen MR) is 88.7 cm³/mol. The third-order valence-electron chi connectivity index (χ3n) is 3.04. The minimum Gasteiger partial charge on any atom is -0.370 e. The minimum atomic E-state index is -0.481. The maximum Gasteiger partial charge on any atom is 0.311 e. The van der Waals surface area contributed by atoms with Crippen LogP contribution in [0.1, 0.15) is 19.4 Å². The Morgan fingerprint density at radius 1 is 1.26 bits per heavy atom. The van der Waals surface area contributed by atoms with E-state index in [1.54, 1.807) is 30.3 Å². The van der Waals surface area contributed by atoms with Crippen LogP contribution < -0.4 is 10.6 Å². The second-order valence-corrected chi connectivity index (χ2v) is 5.41. The van der Waals surface area contributed by atoms with Gasteiger partial charge in [0, 0.05) is 18.3 Å². The molecule has 0 amide bonds. The van der Waals surface area contributed by atoms with Crippen molar-refractivity contribution >= 4 is 23.0 Å². The highest BCUT2D eigenvalue weighted by molar-refractivity contribution is 5.68. The number of nitro groups is 1. The summed E-state index contributed by atoms with van der Waals surface area (Å²) in [5.41, 5.74) is 1.04. The molecular formula is C16H17N5O2. The van der Waals surface area contributed by atoms with Crippen LogP contribution >= 0.6 is 0 Å². The van der Waals surface area contributed by atoms with Crippen molar-refractivity contribution in [2.24, 2.45) is 5.92 Å². The van der Waals surface area contributed by atoms with Crippen LogP contribution in [0, 0.1) is 27.4 Å². The molecule has 0 aliphatic carbocycles. The Morgan fingerprint density at radius 3 is 2.52 bits per heavy atom. The summed E-state index contributed by atoms with van der Waals surface area (Å²) in [6, 6.07) is 11.7. The molecule has 118 valence electrons. The van der Waals surface area contributed by atoms with Gasteiger partial charge in [-0.1, -0.05) is 13.8 Å². The maximum absolute atomic E-state index is 11.2. The van der Waals surface area contributed by atoms with Crippen LogP contribution in [0.5, 0.6) is 0 Å². The van der Waals surface area contributed by atoms with Crippen molar-refractivity contribution in [2.75, 3.05) is 17.2 Å². The first-order valence-corrected chi connectivity index (χ1v) is 7.16. The SMILES string of the molecule is CC(C)CNc1ccc([N+](=O)[O-])c(Nc2ccc(C#N)cc2)n1. The van der Waals surface area contributed by atoms with Gasteiger partial charge in [0.15, 0.2) is 0 Å². The van der Waals surface area contributed by atoms with Crippen LogP contribution in [0.4, 0.5) is 23.0 Å². The van der Waals surface area contributed by atoms with Gasteiger partial charge in [0.1, 0.15) is 5.82 Å². The van der Waals surface area contributed by atoms with Crippen molar-refractivity contribution < 1.29 is 4.92 Å². The third kappa shape index (κ3) is 4.41. The maximum atomic E-state index is 11.2. The van der Waals surface area contributed by atoms with E-state index in [9.17, 15) is 10.1 Å². The number of pyridine rings is 1. The molecule has 0 saturated carbocycles. The van der Waals surface area contributed by atoms with Crippen molar-refractivity contribution in [3.63, 3.8) is 0 Å². The van der Waals surface area contributed by atoms with Crippen molar-refractivity contribution in [3.05, 3.63) is 52.1 Å². The molecule has 0 saturated heterocycles. The Bertz CT molecular complexity index is 735. The summed E-state index contributed by atoms with van der Waals surface area (Å²) >= 11 is 0. The van der Waals surface area contributed by atoms with Crippen LogP contribution in [-0.4, -0.2) is 16.5 Å². The Kier molecular flexibility index (Phi) is 5.10. The van der Waals surface area contributed by atoms with E-state index in [4.69, 9.17) is 5.26 Å². The van der Waals surface area contributed by atoms with E-state index >= 15 is 0 Å². The number of benzene rings is 1. The molecule has 1 aromatic carbocycles. The molecular weight excluding hydrogens is 294 g/mol. The number of hydrogen-bond donors (Lipinski definition) is 2. The van der Waals surface area contributed by atoms with Crippen molar-refractivity contribution in [1.29, 1.82) is 5.26 Å². The zero-order chi connectivity index (χ0) is 16.8. The molecule has 0 spiro atoms. The topological polar surface area (TPSA) is 104 Å². The Morgan fingerprint density at radius 2 is 1.96 bits per heavy atom. The molecule has 0 aliphatic heterocycles. The molecule has 0 radical (unpaired) electrons. The average molecular weight is 311 g/mol. The molecule has 1 aromatic heterocycles. The van der Waals surface area contributed by atoms with Crippen LogP contribution in [0.15, 0.2) is 36.4 Å². The zero-order valence-electron chi connectivity index (χ0n) is 12.9. The van der Waals surface area contributed by atoms with Gasteiger partial charge in [-0.05, 0) is 36.2 Å². The average Bonchev–Trinajstić information content (AvgIpc) is 2.53. The molecule has 2 N–H and O–H groups in total. The predicted octanol–water partition coefficient (Wildman–Crippen LogP) is 3.67. The smallest absolute Gasteiger partial charge is 0.311 e. The fraction of sp³-hybridized carbons (Fsp3) is 0.250. The van der Waals surface area contributed by atoms with Gasteiger partial charge >= 0.3 is 5.69 Å². The van der Waals surface area contributed by atoms with Gasteiger partial charge < -0.3 is 10.6 Å². The zero-order valence-corrected chi connectivity index (χ0v) is 12.9. The number of anilines is 3. The Labute approximate surface area is 134 Å². The first-order valence-electron chi connectivity index (χ1n) is 7.16. The first-order chi connectivity index (χ1) is 11.0. The van der Waals surface area contributed by atoms with Crippen LogP contribution in [0.3, 0.4) is 0 Å². The summed E-state index contributed by atoms with van der Waals surface area (Å²) in [7, 11) is 0. The van der Waals surface area contributed by atoms with E-state index in [0.717, 1.165) is 6.54 Å². The van der Waals surface area contributed by atoms with Gasteiger partial charge in [0.25, 0.3) is 0 Å². The summed E-state index contributed by atoms with van der Waals surface area (Å²) in [6.07, 6.45) is 0. The fourth-order valence-electron chi connectivity index (χ4n) is 1.86. The fourth-order valence-corrected chi connectivity index (χ4v) is 1.86. The lowest BCUT2D eigenvalue weighted by atomic mass is 10.2.